The van der Waals surface area contributed by atoms with Gasteiger partial charge in [-0.1, -0.05) is 0 Å². The first kappa shape index (κ1) is 12.3. The van der Waals surface area contributed by atoms with Gasteiger partial charge in [-0.25, -0.2) is 9.97 Å². The zero-order chi connectivity index (χ0) is 13.1. The fraction of sp³-hybridized carbons (Fsp3) is 0.615. The maximum absolute atomic E-state index is 12.1. The summed E-state index contributed by atoms with van der Waals surface area (Å²) in [6.45, 7) is 4.72. The number of anilines is 1. The van der Waals surface area contributed by atoms with E-state index in [2.05, 4.69) is 14.9 Å². The number of ether oxygens (including phenoxy) is 1. The molecule has 102 valence electrons. The normalized spacial score (nSPS) is 19.8. The van der Waals surface area contributed by atoms with Crippen LogP contribution in [0.5, 0.6) is 0 Å². The summed E-state index contributed by atoms with van der Waals surface area (Å²) in [6.07, 6.45) is 5.47. The molecule has 1 aromatic heterocycles. The lowest BCUT2D eigenvalue weighted by atomic mass is 10.3. The lowest BCUT2D eigenvalue weighted by molar-refractivity contribution is 0.0792. The molecule has 0 N–H and O–H groups in total. The maximum Gasteiger partial charge on any atom is 0.256 e. The number of nitrogens with zero attached hydrogens (tertiary/aromatic N) is 4. The van der Waals surface area contributed by atoms with Crippen molar-refractivity contribution in [1.82, 2.24) is 14.9 Å². The van der Waals surface area contributed by atoms with E-state index in [-0.39, 0.29) is 5.91 Å². The molecule has 0 aromatic carbocycles. The summed E-state index contributed by atoms with van der Waals surface area (Å²) in [5, 5.41) is 0. The summed E-state index contributed by atoms with van der Waals surface area (Å²) in [5.74, 6) is 0.729. The van der Waals surface area contributed by atoms with Gasteiger partial charge in [-0.15, -0.1) is 0 Å². The van der Waals surface area contributed by atoms with Gasteiger partial charge in [-0.3, -0.25) is 4.79 Å². The van der Waals surface area contributed by atoms with E-state index in [0.29, 0.717) is 24.7 Å². The van der Waals surface area contributed by atoms with Gasteiger partial charge < -0.3 is 14.5 Å². The summed E-state index contributed by atoms with van der Waals surface area (Å²) in [7, 11) is 0. The van der Waals surface area contributed by atoms with Crippen molar-refractivity contribution >= 4 is 11.9 Å². The molecule has 0 saturated carbocycles. The van der Waals surface area contributed by atoms with Crippen LogP contribution in [0.2, 0.25) is 0 Å². The molecule has 3 heterocycles. The zero-order valence-corrected chi connectivity index (χ0v) is 10.9. The zero-order valence-electron chi connectivity index (χ0n) is 10.9. The standard InChI is InChI=1S/C13H18N4O2/c18-12(16-3-1-2-4-16)11-9-14-13(15-10-11)17-5-7-19-8-6-17/h9-10H,1-8H2. The van der Waals surface area contributed by atoms with Crippen molar-refractivity contribution in [2.24, 2.45) is 0 Å². The molecule has 6 nitrogen and oxygen atoms in total. The van der Waals surface area contributed by atoms with Crippen LogP contribution >= 0.6 is 0 Å². The van der Waals surface area contributed by atoms with Gasteiger partial charge in [-0.2, -0.15) is 0 Å². The minimum Gasteiger partial charge on any atom is -0.378 e. The molecule has 6 heteroatoms. The molecule has 1 aromatic rings. The van der Waals surface area contributed by atoms with Crippen molar-refractivity contribution in [2.75, 3.05) is 44.3 Å². The number of rotatable bonds is 2. The average Bonchev–Trinajstić information content (AvgIpc) is 3.02. The van der Waals surface area contributed by atoms with Crippen LogP contribution in [0.1, 0.15) is 23.2 Å². The molecule has 3 rings (SSSR count). The second kappa shape index (κ2) is 5.52. The number of aromatic nitrogens is 2. The van der Waals surface area contributed by atoms with Crippen LogP contribution in [-0.4, -0.2) is 60.2 Å². The van der Waals surface area contributed by atoms with Gasteiger partial charge in [0.2, 0.25) is 5.95 Å². The molecule has 0 spiro atoms. The predicted molar refractivity (Wildman–Crippen MR) is 70.2 cm³/mol. The van der Waals surface area contributed by atoms with Crippen LogP contribution in [0.4, 0.5) is 5.95 Å². The molecule has 2 fully saturated rings. The fourth-order valence-corrected chi connectivity index (χ4v) is 2.46. The SMILES string of the molecule is O=C(c1cnc(N2CCOCC2)nc1)N1CCCC1. The van der Waals surface area contributed by atoms with E-state index >= 15 is 0 Å². The highest BCUT2D eigenvalue weighted by Gasteiger charge is 2.20. The molecular weight excluding hydrogens is 244 g/mol. The van der Waals surface area contributed by atoms with Crippen LogP contribution in [0.25, 0.3) is 0 Å². The van der Waals surface area contributed by atoms with E-state index in [1.54, 1.807) is 12.4 Å². The Morgan fingerprint density at radius 1 is 1.05 bits per heavy atom. The van der Waals surface area contributed by atoms with Gasteiger partial charge in [0.25, 0.3) is 5.91 Å². The van der Waals surface area contributed by atoms with Crippen LogP contribution < -0.4 is 4.90 Å². The summed E-state index contributed by atoms with van der Waals surface area (Å²) in [5.41, 5.74) is 0.582. The Morgan fingerprint density at radius 3 is 2.32 bits per heavy atom. The molecular formula is C13H18N4O2. The molecule has 0 bridgehead atoms. The summed E-state index contributed by atoms with van der Waals surface area (Å²) in [4.78, 5) is 24.7. The molecule has 2 aliphatic rings. The average molecular weight is 262 g/mol. The van der Waals surface area contributed by atoms with Crippen molar-refractivity contribution in [2.45, 2.75) is 12.8 Å². The third-order valence-electron chi connectivity index (χ3n) is 3.57. The number of morpholine rings is 1. The predicted octanol–water partition coefficient (Wildman–Crippen LogP) is 0.549. The van der Waals surface area contributed by atoms with Crippen molar-refractivity contribution in [1.29, 1.82) is 0 Å². The van der Waals surface area contributed by atoms with E-state index in [1.807, 2.05) is 4.90 Å². The van der Waals surface area contributed by atoms with Gasteiger partial charge in [0.05, 0.1) is 18.8 Å². The van der Waals surface area contributed by atoms with Crippen LogP contribution in [0.3, 0.4) is 0 Å². The fourth-order valence-electron chi connectivity index (χ4n) is 2.46. The van der Waals surface area contributed by atoms with Crippen molar-refractivity contribution in [3.8, 4) is 0 Å². The number of likely N-dealkylation sites (tertiary alicyclic amines) is 1. The third kappa shape index (κ3) is 2.68. The van der Waals surface area contributed by atoms with Gasteiger partial charge in [0, 0.05) is 38.6 Å². The number of hydrogen-bond donors (Lipinski definition) is 0. The first-order chi connectivity index (χ1) is 9.34. The Balaban J connectivity index is 1.69. The topological polar surface area (TPSA) is 58.6 Å². The van der Waals surface area contributed by atoms with Crippen LogP contribution in [0.15, 0.2) is 12.4 Å². The van der Waals surface area contributed by atoms with E-state index in [0.717, 1.165) is 39.0 Å². The van der Waals surface area contributed by atoms with Crippen molar-refractivity contribution in [3.05, 3.63) is 18.0 Å². The summed E-state index contributed by atoms with van der Waals surface area (Å²) in [6, 6.07) is 0. The summed E-state index contributed by atoms with van der Waals surface area (Å²) < 4.78 is 5.29. The minimum atomic E-state index is 0.0472. The van der Waals surface area contributed by atoms with E-state index in [9.17, 15) is 4.79 Å². The second-order valence-corrected chi connectivity index (χ2v) is 4.87. The lowest BCUT2D eigenvalue weighted by Crippen LogP contribution is -2.37. The molecule has 2 saturated heterocycles. The molecule has 0 atom stereocenters. The maximum atomic E-state index is 12.1. The number of hydrogen-bond acceptors (Lipinski definition) is 5. The second-order valence-electron chi connectivity index (χ2n) is 4.87. The van der Waals surface area contributed by atoms with Crippen LogP contribution in [0, 0.1) is 0 Å². The van der Waals surface area contributed by atoms with Crippen molar-refractivity contribution < 1.29 is 9.53 Å². The first-order valence-corrected chi connectivity index (χ1v) is 6.78. The van der Waals surface area contributed by atoms with E-state index in [1.165, 1.54) is 0 Å². The number of carbonyl (C=O) groups excluding carboxylic acids is 1. The highest BCUT2D eigenvalue weighted by atomic mass is 16.5. The largest absolute Gasteiger partial charge is 0.378 e. The Bertz CT molecular complexity index is 436. The smallest absolute Gasteiger partial charge is 0.256 e. The van der Waals surface area contributed by atoms with Gasteiger partial charge in [0.15, 0.2) is 0 Å². The Kier molecular flexibility index (Phi) is 3.59. The quantitative estimate of drug-likeness (QED) is 0.779. The Labute approximate surface area is 112 Å². The minimum absolute atomic E-state index is 0.0472. The lowest BCUT2D eigenvalue weighted by Gasteiger charge is -2.26. The molecule has 0 aliphatic carbocycles. The molecule has 2 aliphatic heterocycles. The van der Waals surface area contributed by atoms with Gasteiger partial charge in [0.1, 0.15) is 0 Å². The highest BCUT2D eigenvalue weighted by Crippen LogP contribution is 2.14. The van der Waals surface area contributed by atoms with Crippen molar-refractivity contribution in [3.63, 3.8) is 0 Å². The monoisotopic (exact) mass is 262 g/mol. The molecule has 0 radical (unpaired) electrons. The first-order valence-electron chi connectivity index (χ1n) is 6.78. The highest BCUT2D eigenvalue weighted by molar-refractivity contribution is 5.93. The molecule has 19 heavy (non-hydrogen) atoms. The third-order valence-corrected chi connectivity index (χ3v) is 3.57. The Morgan fingerprint density at radius 2 is 1.68 bits per heavy atom. The molecule has 1 amide bonds. The van der Waals surface area contributed by atoms with Gasteiger partial charge >= 0.3 is 0 Å². The van der Waals surface area contributed by atoms with E-state index < -0.39 is 0 Å². The van der Waals surface area contributed by atoms with Gasteiger partial charge in [-0.05, 0) is 12.8 Å². The molecule has 0 unspecified atom stereocenters. The Hall–Kier alpha value is -1.69. The number of carbonyl (C=O) groups is 1. The number of amides is 1. The summed E-state index contributed by atoms with van der Waals surface area (Å²) >= 11 is 0. The van der Waals surface area contributed by atoms with E-state index in [4.69, 9.17) is 4.74 Å². The van der Waals surface area contributed by atoms with Crippen LogP contribution in [-0.2, 0) is 4.74 Å².